The average molecular weight is 219 g/mol. The van der Waals surface area contributed by atoms with Crippen molar-refractivity contribution < 1.29 is 4.74 Å². The summed E-state index contributed by atoms with van der Waals surface area (Å²) in [7, 11) is 0. The molecule has 16 heavy (non-hydrogen) atoms. The molecule has 1 aromatic rings. The summed E-state index contributed by atoms with van der Waals surface area (Å²) in [4.78, 5) is 0. The Morgan fingerprint density at radius 3 is 2.56 bits per heavy atom. The molecule has 1 aromatic carbocycles. The Bertz CT molecular complexity index is 317. The van der Waals surface area contributed by atoms with Crippen molar-refractivity contribution in [3.63, 3.8) is 0 Å². The first kappa shape index (κ1) is 12.9. The molecule has 0 bridgehead atoms. The SMILES string of the molecule is CC(C)(CN)COCC=Cc1ccccc1. The monoisotopic (exact) mass is 219 g/mol. The molecule has 1 rings (SSSR count). The lowest BCUT2D eigenvalue weighted by molar-refractivity contribution is 0.0856. The summed E-state index contributed by atoms with van der Waals surface area (Å²) >= 11 is 0. The Labute approximate surface area is 98.1 Å². The van der Waals surface area contributed by atoms with Gasteiger partial charge in [0.15, 0.2) is 0 Å². The van der Waals surface area contributed by atoms with E-state index in [1.165, 1.54) is 5.56 Å². The first-order valence-corrected chi connectivity index (χ1v) is 5.63. The van der Waals surface area contributed by atoms with Crippen LogP contribution < -0.4 is 5.73 Å². The summed E-state index contributed by atoms with van der Waals surface area (Å²) in [6.45, 7) is 6.19. The van der Waals surface area contributed by atoms with E-state index < -0.39 is 0 Å². The molecule has 0 amide bonds. The Morgan fingerprint density at radius 1 is 1.25 bits per heavy atom. The van der Waals surface area contributed by atoms with E-state index in [1.54, 1.807) is 0 Å². The minimum atomic E-state index is 0.0700. The van der Waals surface area contributed by atoms with Crippen LogP contribution >= 0.6 is 0 Å². The quantitative estimate of drug-likeness (QED) is 0.747. The summed E-state index contributed by atoms with van der Waals surface area (Å²) in [5.41, 5.74) is 6.88. The molecule has 0 radical (unpaired) electrons. The van der Waals surface area contributed by atoms with Crippen LogP contribution in [-0.2, 0) is 4.74 Å². The highest BCUT2D eigenvalue weighted by Crippen LogP contribution is 2.12. The zero-order valence-corrected chi connectivity index (χ0v) is 10.1. The van der Waals surface area contributed by atoms with Crippen LogP contribution in [0.3, 0.4) is 0 Å². The van der Waals surface area contributed by atoms with Gasteiger partial charge >= 0.3 is 0 Å². The number of rotatable bonds is 6. The minimum Gasteiger partial charge on any atom is -0.377 e. The van der Waals surface area contributed by atoms with E-state index in [0.29, 0.717) is 19.8 Å². The molecule has 2 N–H and O–H groups in total. The van der Waals surface area contributed by atoms with Gasteiger partial charge in [0.1, 0.15) is 0 Å². The summed E-state index contributed by atoms with van der Waals surface area (Å²) in [6, 6.07) is 10.2. The van der Waals surface area contributed by atoms with E-state index in [-0.39, 0.29) is 5.41 Å². The predicted molar refractivity (Wildman–Crippen MR) is 69.1 cm³/mol. The van der Waals surface area contributed by atoms with Gasteiger partial charge in [0.25, 0.3) is 0 Å². The van der Waals surface area contributed by atoms with Crippen molar-refractivity contribution in [1.82, 2.24) is 0 Å². The number of hydrogen-bond acceptors (Lipinski definition) is 2. The second-order valence-electron chi connectivity index (χ2n) is 4.70. The van der Waals surface area contributed by atoms with Gasteiger partial charge in [-0.2, -0.15) is 0 Å². The molecule has 2 heteroatoms. The summed E-state index contributed by atoms with van der Waals surface area (Å²) in [6.07, 6.45) is 4.09. The van der Waals surface area contributed by atoms with Crippen molar-refractivity contribution in [2.24, 2.45) is 11.1 Å². The van der Waals surface area contributed by atoms with Crippen molar-refractivity contribution in [2.75, 3.05) is 19.8 Å². The van der Waals surface area contributed by atoms with Crippen LogP contribution in [0.4, 0.5) is 0 Å². The lowest BCUT2D eigenvalue weighted by Gasteiger charge is -2.21. The first-order valence-electron chi connectivity index (χ1n) is 5.63. The van der Waals surface area contributed by atoms with Crippen LogP contribution in [0.25, 0.3) is 6.08 Å². The topological polar surface area (TPSA) is 35.2 Å². The summed E-state index contributed by atoms with van der Waals surface area (Å²) < 4.78 is 5.54. The third-order valence-electron chi connectivity index (χ3n) is 2.37. The third-order valence-corrected chi connectivity index (χ3v) is 2.37. The molecule has 0 saturated heterocycles. The molecule has 0 aliphatic carbocycles. The highest BCUT2D eigenvalue weighted by atomic mass is 16.5. The van der Waals surface area contributed by atoms with Crippen LogP contribution in [0.15, 0.2) is 36.4 Å². The highest BCUT2D eigenvalue weighted by Gasteiger charge is 2.14. The van der Waals surface area contributed by atoms with E-state index in [0.717, 1.165) is 0 Å². The van der Waals surface area contributed by atoms with Crippen LogP contribution in [0.5, 0.6) is 0 Å². The second kappa shape index (κ2) is 6.46. The largest absolute Gasteiger partial charge is 0.377 e. The van der Waals surface area contributed by atoms with Gasteiger partial charge in [-0.1, -0.05) is 56.3 Å². The van der Waals surface area contributed by atoms with E-state index in [1.807, 2.05) is 24.3 Å². The number of benzene rings is 1. The maximum absolute atomic E-state index is 5.61. The molecule has 0 aliphatic heterocycles. The molecular weight excluding hydrogens is 198 g/mol. The van der Waals surface area contributed by atoms with E-state index in [2.05, 4.69) is 32.1 Å². The predicted octanol–water partition coefficient (Wildman–Crippen LogP) is 2.70. The lowest BCUT2D eigenvalue weighted by atomic mass is 9.95. The fraction of sp³-hybridized carbons (Fsp3) is 0.429. The zero-order chi connectivity index (χ0) is 11.9. The molecule has 0 spiro atoms. The molecule has 0 aliphatic rings. The molecule has 0 heterocycles. The first-order chi connectivity index (χ1) is 7.64. The Morgan fingerprint density at radius 2 is 1.94 bits per heavy atom. The van der Waals surface area contributed by atoms with Gasteiger partial charge in [0.05, 0.1) is 13.2 Å². The van der Waals surface area contributed by atoms with Crippen molar-refractivity contribution in [1.29, 1.82) is 0 Å². The molecule has 88 valence electrons. The van der Waals surface area contributed by atoms with Crippen molar-refractivity contribution in [2.45, 2.75) is 13.8 Å². The second-order valence-corrected chi connectivity index (χ2v) is 4.70. The lowest BCUT2D eigenvalue weighted by Crippen LogP contribution is -2.28. The van der Waals surface area contributed by atoms with Crippen molar-refractivity contribution in [3.05, 3.63) is 42.0 Å². The number of nitrogens with two attached hydrogens (primary N) is 1. The maximum Gasteiger partial charge on any atom is 0.0650 e. The van der Waals surface area contributed by atoms with E-state index in [9.17, 15) is 0 Å². The highest BCUT2D eigenvalue weighted by molar-refractivity contribution is 5.48. The smallest absolute Gasteiger partial charge is 0.0650 e. The normalized spacial score (nSPS) is 12.2. The van der Waals surface area contributed by atoms with Crippen LogP contribution in [0.2, 0.25) is 0 Å². The molecule has 2 nitrogen and oxygen atoms in total. The van der Waals surface area contributed by atoms with Crippen LogP contribution in [0, 0.1) is 5.41 Å². The van der Waals surface area contributed by atoms with Gasteiger partial charge in [0, 0.05) is 5.41 Å². The fourth-order valence-electron chi connectivity index (χ4n) is 1.21. The zero-order valence-electron chi connectivity index (χ0n) is 10.1. The standard InChI is InChI=1S/C14H21NO/c1-14(2,11-15)12-16-10-6-9-13-7-4-3-5-8-13/h3-9H,10-12,15H2,1-2H3. The Balaban J connectivity index is 2.24. The van der Waals surface area contributed by atoms with Crippen LogP contribution in [0.1, 0.15) is 19.4 Å². The van der Waals surface area contributed by atoms with Crippen LogP contribution in [-0.4, -0.2) is 19.8 Å². The summed E-state index contributed by atoms with van der Waals surface area (Å²) in [5.74, 6) is 0. The number of hydrogen-bond donors (Lipinski definition) is 1. The number of ether oxygens (including phenoxy) is 1. The average Bonchev–Trinajstić information content (AvgIpc) is 2.30. The minimum absolute atomic E-state index is 0.0700. The van der Waals surface area contributed by atoms with Gasteiger partial charge in [0.2, 0.25) is 0 Å². The van der Waals surface area contributed by atoms with Crippen molar-refractivity contribution >= 4 is 6.08 Å². The fourth-order valence-corrected chi connectivity index (χ4v) is 1.21. The van der Waals surface area contributed by atoms with Gasteiger partial charge in [-0.05, 0) is 12.1 Å². The molecule has 0 unspecified atom stereocenters. The van der Waals surface area contributed by atoms with E-state index >= 15 is 0 Å². The third kappa shape index (κ3) is 5.10. The molecular formula is C14H21NO. The van der Waals surface area contributed by atoms with Gasteiger partial charge in [-0.15, -0.1) is 0 Å². The molecule has 0 aromatic heterocycles. The molecule has 0 atom stereocenters. The maximum atomic E-state index is 5.61. The van der Waals surface area contributed by atoms with Crippen molar-refractivity contribution in [3.8, 4) is 0 Å². The Kier molecular flexibility index (Phi) is 5.23. The van der Waals surface area contributed by atoms with Gasteiger partial charge in [-0.3, -0.25) is 0 Å². The van der Waals surface area contributed by atoms with E-state index in [4.69, 9.17) is 10.5 Å². The Hall–Kier alpha value is -1.12. The van der Waals surface area contributed by atoms with Gasteiger partial charge in [-0.25, -0.2) is 0 Å². The summed E-state index contributed by atoms with van der Waals surface area (Å²) in [5, 5.41) is 0. The molecule has 0 fully saturated rings. The molecule has 0 saturated carbocycles. The van der Waals surface area contributed by atoms with Gasteiger partial charge < -0.3 is 10.5 Å².